The van der Waals surface area contributed by atoms with E-state index in [9.17, 15) is 4.79 Å². The molecule has 0 N–H and O–H groups in total. The standard InChI is InChI=1S/C10H17N3O2/c1-4-8(10(14)15-6-3)9-12-11-7-13(9)5-2/h7-8H,4-6H2,1-3H3. The molecule has 0 radical (unpaired) electrons. The predicted molar refractivity (Wildman–Crippen MR) is 55.4 cm³/mol. The molecule has 0 aliphatic heterocycles. The van der Waals surface area contributed by atoms with Gasteiger partial charge in [0.25, 0.3) is 0 Å². The first-order valence-electron chi connectivity index (χ1n) is 5.28. The fourth-order valence-electron chi connectivity index (χ4n) is 1.47. The van der Waals surface area contributed by atoms with Crippen LogP contribution in [0.4, 0.5) is 0 Å². The van der Waals surface area contributed by atoms with Gasteiger partial charge >= 0.3 is 5.97 Å². The van der Waals surface area contributed by atoms with E-state index < -0.39 is 0 Å². The maximum atomic E-state index is 11.6. The van der Waals surface area contributed by atoms with Crippen LogP contribution in [-0.4, -0.2) is 27.3 Å². The molecule has 0 amide bonds. The third kappa shape index (κ3) is 2.55. The van der Waals surface area contributed by atoms with Gasteiger partial charge in [-0.3, -0.25) is 4.79 Å². The van der Waals surface area contributed by atoms with Gasteiger partial charge in [0.1, 0.15) is 18.1 Å². The molecule has 0 aliphatic carbocycles. The molecule has 1 heterocycles. The van der Waals surface area contributed by atoms with Crippen LogP contribution < -0.4 is 0 Å². The van der Waals surface area contributed by atoms with E-state index in [-0.39, 0.29) is 11.9 Å². The molecule has 0 bridgehead atoms. The average Bonchev–Trinajstić information content (AvgIpc) is 2.67. The van der Waals surface area contributed by atoms with Crippen molar-refractivity contribution in [2.75, 3.05) is 6.61 Å². The van der Waals surface area contributed by atoms with Gasteiger partial charge in [0.2, 0.25) is 0 Å². The molecule has 1 aromatic rings. The Kier molecular flexibility index (Phi) is 4.27. The normalized spacial score (nSPS) is 12.5. The molecule has 0 fully saturated rings. The minimum absolute atomic E-state index is 0.220. The van der Waals surface area contributed by atoms with Crippen molar-refractivity contribution in [3.63, 3.8) is 0 Å². The first kappa shape index (κ1) is 11.7. The number of ether oxygens (including phenoxy) is 1. The second-order valence-electron chi connectivity index (χ2n) is 3.19. The second kappa shape index (κ2) is 5.48. The predicted octanol–water partition coefficient (Wildman–Crippen LogP) is 1.35. The Balaban J connectivity index is 2.86. The van der Waals surface area contributed by atoms with Crippen LogP contribution in [0.25, 0.3) is 0 Å². The first-order chi connectivity index (χ1) is 7.24. The molecule has 1 aromatic heterocycles. The zero-order valence-corrected chi connectivity index (χ0v) is 9.43. The number of nitrogens with zero attached hydrogens (tertiary/aromatic N) is 3. The molecule has 1 rings (SSSR count). The summed E-state index contributed by atoms with van der Waals surface area (Å²) in [6.45, 7) is 6.89. The summed E-state index contributed by atoms with van der Waals surface area (Å²) in [5.41, 5.74) is 0. The molecule has 0 saturated heterocycles. The molecule has 15 heavy (non-hydrogen) atoms. The second-order valence-corrected chi connectivity index (χ2v) is 3.19. The fraction of sp³-hybridized carbons (Fsp3) is 0.700. The topological polar surface area (TPSA) is 57.0 Å². The first-order valence-corrected chi connectivity index (χ1v) is 5.28. The smallest absolute Gasteiger partial charge is 0.316 e. The SMILES string of the molecule is CCOC(=O)C(CC)c1nncn1CC. The van der Waals surface area contributed by atoms with Crippen LogP contribution in [-0.2, 0) is 16.1 Å². The van der Waals surface area contributed by atoms with Gasteiger partial charge in [-0.05, 0) is 20.3 Å². The van der Waals surface area contributed by atoms with E-state index in [0.717, 1.165) is 6.54 Å². The quantitative estimate of drug-likeness (QED) is 0.690. The molecule has 0 saturated carbocycles. The van der Waals surface area contributed by atoms with E-state index >= 15 is 0 Å². The van der Waals surface area contributed by atoms with Crippen molar-refractivity contribution in [3.8, 4) is 0 Å². The molecular weight excluding hydrogens is 194 g/mol. The molecule has 5 heteroatoms. The molecule has 84 valence electrons. The lowest BCUT2D eigenvalue weighted by atomic mass is 10.1. The summed E-state index contributed by atoms with van der Waals surface area (Å²) in [5.74, 6) is 0.175. The van der Waals surface area contributed by atoms with Crippen LogP contribution in [0.2, 0.25) is 0 Å². The summed E-state index contributed by atoms with van der Waals surface area (Å²) in [7, 11) is 0. The van der Waals surface area contributed by atoms with E-state index in [4.69, 9.17) is 4.74 Å². The Morgan fingerprint density at radius 2 is 2.27 bits per heavy atom. The van der Waals surface area contributed by atoms with Crippen LogP contribution in [0, 0.1) is 0 Å². The molecule has 1 atom stereocenters. The number of hydrogen-bond donors (Lipinski definition) is 0. The Morgan fingerprint density at radius 1 is 1.53 bits per heavy atom. The van der Waals surface area contributed by atoms with Crippen LogP contribution >= 0.6 is 0 Å². The van der Waals surface area contributed by atoms with Crippen molar-refractivity contribution in [1.82, 2.24) is 14.8 Å². The summed E-state index contributed by atoms with van der Waals surface area (Å²) in [6.07, 6.45) is 2.31. The van der Waals surface area contributed by atoms with Gasteiger partial charge < -0.3 is 9.30 Å². The van der Waals surface area contributed by atoms with Gasteiger partial charge in [-0.25, -0.2) is 0 Å². The highest BCUT2D eigenvalue weighted by molar-refractivity contribution is 5.76. The third-order valence-corrected chi connectivity index (χ3v) is 2.28. The van der Waals surface area contributed by atoms with Gasteiger partial charge in [0, 0.05) is 6.54 Å². The van der Waals surface area contributed by atoms with Gasteiger partial charge in [-0.15, -0.1) is 10.2 Å². The van der Waals surface area contributed by atoms with Crippen LogP contribution in [0.1, 0.15) is 38.9 Å². The van der Waals surface area contributed by atoms with Gasteiger partial charge in [0.15, 0.2) is 0 Å². The zero-order chi connectivity index (χ0) is 11.3. The lowest BCUT2D eigenvalue weighted by Gasteiger charge is -2.13. The maximum absolute atomic E-state index is 11.6. The van der Waals surface area contributed by atoms with Crippen molar-refractivity contribution < 1.29 is 9.53 Å². The van der Waals surface area contributed by atoms with Crippen molar-refractivity contribution in [2.45, 2.75) is 39.7 Å². The number of aromatic nitrogens is 3. The van der Waals surface area contributed by atoms with Crippen LogP contribution in [0.5, 0.6) is 0 Å². The zero-order valence-electron chi connectivity index (χ0n) is 9.43. The van der Waals surface area contributed by atoms with E-state index in [1.54, 1.807) is 13.3 Å². The van der Waals surface area contributed by atoms with Gasteiger partial charge in [0.05, 0.1) is 6.61 Å². The van der Waals surface area contributed by atoms with Crippen LogP contribution in [0.3, 0.4) is 0 Å². The highest BCUT2D eigenvalue weighted by atomic mass is 16.5. The summed E-state index contributed by atoms with van der Waals surface area (Å²) in [5, 5.41) is 7.78. The molecule has 0 spiro atoms. The van der Waals surface area contributed by atoms with Crippen molar-refractivity contribution in [1.29, 1.82) is 0 Å². The van der Waals surface area contributed by atoms with Crippen molar-refractivity contribution in [2.24, 2.45) is 0 Å². The largest absolute Gasteiger partial charge is 0.465 e. The molecular formula is C10H17N3O2. The number of esters is 1. The summed E-state index contributed by atoms with van der Waals surface area (Å²) < 4.78 is 6.86. The highest BCUT2D eigenvalue weighted by Crippen LogP contribution is 2.18. The highest BCUT2D eigenvalue weighted by Gasteiger charge is 2.24. The number of carbonyl (C=O) groups excluding carboxylic acids is 1. The molecule has 1 unspecified atom stereocenters. The number of rotatable bonds is 5. The minimum atomic E-state index is -0.299. The van der Waals surface area contributed by atoms with Crippen LogP contribution in [0.15, 0.2) is 6.33 Å². The minimum Gasteiger partial charge on any atom is -0.465 e. The Morgan fingerprint density at radius 3 is 2.80 bits per heavy atom. The van der Waals surface area contributed by atoms with E-state index in [0.29, 0.717) is 18.9 Å². The molecule has 5 nitrogen and oxygen atoms in total. The third-order valence-electron chi connectivity index (χ3n) is 2.28. The maximum Gasteiger partial charge on any atom is 0.316 e. The molecule has 0 aliphatic rings. The average molecular weight is 211 g/mol. The Labute approximate surface area is 89.5 Å². The number of hydrogen-bond acceptors (Lipinski definition) is 4. The molecule has 0 aromatic carbocycles. The monoisotopic (exact) mass is 211 g/mol. The van der Waals surface area contributed by atoms with E-state index in [1.165, 1.54) is 0 Å². The van der Waals surface area contributed by atoms with E-state index in [2.05, 4.69) is 10.2 Å². The Bertz CT molecular complexity index is 322. The summed E-state index contributed by atoms with van der Waals surface area (Å²) in [4.78, 5) is 11.6. The summed E-state index contributed by atoms with van der Waals surface area (Å²) >= 11 is 0. The summed E-state index contributed by atoms with van der Waals surface area (Å²) in [6, 6.07) is 0. The lowest BCUT2D eigenvalue weighted by molar-refractivity contribution is -0.145. The fourth-order valence-corrected chi connectivity index (χ4v) is 1.47. The van der Waals surface area contributed by atoms with Crippen molar-refractivity contribution in [3.05, 3.63) is 12.2 Å². The van der Waals surface area contributed by atoms with Gasteiger partial charge in [-0.1, -0.05) is 6.92 Å². The lowest BCUT2D eigenvalue weighted by Crippen LogP contribution is -2.19. The van der Waals surface area contributed by atoms with E-state index in [1.807, 2.05) is 18.4 Å². The number of aryl methyl sites for hydroxylation is 1. The van der Waals surface area contributed by atoms with Gasteiger partial charge in [-0.2, -0.15) is 0 Å². The Hall–Kier alpha value is -1.39. The number of carbonyl (C=O) groups is 1. The van der Waals surface area contributed by atoms with Crippen molar-refractivity contribution >= 4 is 5.97 Å².